The van der Waals surface area contributed by atoms with E-state index in [4.69, 9.17) is 18.6 Å². The van der Waals surface area contributed by atoms with Crippen LogP contribution in [0.4, 0.5) is 0 Å². The van der Waals surface area contributed by atoms with Crippen LogP contribution in [-0.2, 0) is 23.8 Å². The third kappa shape index (κ3) is 3.59. The van der Waals surface area contributed by atoms with Crippen LogP contribution >= 0.6 is 0 Å². The zero-order chi connectivity index (χ0) is 26.2. The van der Waals surface area contributed by atoms with Crippen LogP contribution in [0.2, 0.25) is 0 Å². The fraction of sp³-hybridized carbons (Fsp3) is 0.767. The van der Waals surface area contributed by atoms with Gasteiger partial charge in [0.05, 0.1) is 6.26 Å². The number of fused-ring (bicyclic) bond motifs is 3. The molecule has 2 heterocycles. The first-order valence-electron chi connectivity index (χ1n) is 14.3. The van der Waals surface area contributed by atoms with Gasteiger partial charge < -0.3 is 18.6 Å². The summed E-state index contributed by atoms with van der Waals surface area (Å²) in [5.41, 5.74) is 0.203. The van der Waals surface area contributed by atoms with Gasteiger partial charge in [0.1, 0.15) is 23.9 Å². The Labute approximate surface area is 218 Å². The van der Waals surface area contributed by atoms with Gasteiger partial charge in [0.25, 0.3) is 0 Å². The molecule has 6 rings (SSSR count). The molecule has 5 fully saturated rings. The molecule has 0 radical (unpaired) electrons. The molecule has 202 valence electrons. The number of epoxide rings is 1. The van der Waals surface area contributed by atoms with E-state index in [9.17, 15) is 14.4 Å². The molecule has 4 saturated carbocycles. The molecule has 0 N–H and O–H groups in total. The average molecular weight is 513 g/mol. The molecule has 1 unspecified atom stereocenters. The molecule has 7 nitrogen and oxygen atoms in total. The summed E-state index contributed by atoms with van der Waals surface area (Å²) in [6, 6.07) is 3.32. The van der Waals surface area contributed by atoms with Gasteiger partial charge in [-0.1, -0.05) is 20.8 Å². The van der Waals surface area contributed by atoms with E-state index >= 15 is 0 Å². The molecule has 1 aliphatic heterocycles. The zero-order valence-corrected chi connectivity index (χ0v) is 22.5. The van der Waals surface area contributed by atoms with Gasteiger partial charge >= 0.3 is 17.6 Å². The van der Waals surface area contributed by atoms with E-state index in [1.807, 2.05) is 13.0 Å². The van der Waals surface area contributed by atoms with Crippen LogP contribution in [0.1, 0.15) is 97.0 Å². The Morgan fingerprint density at radius 1 is 1.05 bits per heavy atom. The van der Waals surface area contributed by atoms with Crippen LogP contribution in [0.3, 0.4) is 0 Å². The maximum absolute atomic E-state index is 12.7. The Morgan fingerprint density at radius 2 is 1.86 bits per heavy atom. The summed E-state index contributed by atoms with van der Waals surface area (Å²) in [4.78, 5) is 36.1. The molecule has 7 heteroatoms. The second-order valence-corrected chi connectivity index (χ2v) is 12.9. The molecule has 0 bridgehead atoms. The largest absolute Gasteiger partial charge is 0.463 e. The highest BCUT2D eigenvalue weighted by Crippen LogP contribution is 2.78. The molecular weight excluding hydrogens is 472 g/mol. The average Bonchev–Trinajstić information content (AvgIpc) is 3.55. The van der Waals surface area contributed by atoms with Crippen molar-refractivity contribution in [3.05, 3.63) is 34.4 Å². The smallest absolute Gasteiger partial charge is 0.335 e. The maximum Gasteiger partial charge on any atom is 0.335 e. The molecule has 1 spiro atoms. The third-order valence-corrected chi connectivity index (χ3v) is 11.2. The van der Waals surface area contributed by atoms with Crippen LogP contribution in [0.15, 0.2) is 27.6 Å². The van der Waals surface area contributed by atoms with Crippen molar-refractivity contribution >= 4 is 11.9 Å². The zero-order valence-electron chi connectivity index (χ0n) is 22.5. The molecule has 0 aromatic carbocycles. The van der Waals surface area contributed by atoms with Gasteiger partial charge in [-0.15, -0.1) is 0 Å². The van der Waals surface area contributed by atoms with Crippen molar-refractivity contribution in [2.45, 2.75) is 115 Å². The molecule has 5 aliphatic rings. The second-order valence-electron chi connectivity index (χ2n) is 12.9. The van der Waals surface area contributed by atoms with E-state index in [1.54, 1.807) is 6.26 Å². The highest BCUT2D eigenvalue weighted by Gasteiger charge is 2.84. The summed E-state index contributed by atoms with van der Waals surface area (Å²) in [5, 5.41) is 0. The summed E-state index contributed by atoms with van der Waals surface area (Å²) in [6.07, 6.45) is 9.45. The van der Waals surface area contributed by atoms with E-state index in [1.165, 1.54) is 13.0 Å². The van der Waals surface area contributed by atoms with Crippen molar-refractivity contribution < 1.29 is 28.2 Å². The lowest BCUT2D eigenvalue weighted by molar-refractivity contribution is -0.167. The van der Waals surface area contributed by atoms with E-state index < -0.39 is 0 Å². The summed E-state index contributed by atoms with van der Waals surface area (Å²) in [6.45, 7) is 8.27. The lowest BCUT2D eigenvalue weighted by atomic mass is 9.44. The van der Waals surface area contributed by atoms with E-state index in [0.29, 0.717) is 24.2 Å². The van der Waals surface area contributed by atoms with Crippen LogP contribution in [0, 0.1) is 28.6 Å². The standard InChI is InChI=1S/C30H40O7/c1-5-6-24(33)36-26-25(18-7-10-23(32)34-16-18)29(4)14-12-21-22(30(29)27(26)37-30)9-8-19-15-20(35-17(2)31)11-13-28(19,21)3/h7,10,16,19-22,25-27H,5-6,8-9,11-15H2,1-4H3/t19-,20+,21?,22-,25+,26-,27-,28+,29-,30-/m1/s1. The minimum absolute atomic E-state index is 0.0371. The Balaban J connectivity index is 1.33. The summed E-state index contributed by atoms with van der Waals surface area (Å²) in [5.74, 6) is 1.05. The fourth-order valence-electron chi connectivity index (χ4n) is 9.65. The van der Waals surface area contributed by atoms with Crippen molar-refractivity contribution in [1.82, 2.24) is 0 Å². The molecule has 1 saturated heterocycles. The summed E-state index contributed by atoms with van der Waals surface area (Å²) in [7, 11) is 0. The molecule has 0 amide bonds. The van der Waals surface area contributed by atoms with Gasteiger partial charge in [0, 0.05) is 30.7 Å². The van der Waals surface area contributed by atoms with E-state index in [0.717, 1.165) is 56.9 Å². The number of carbonyl (C=O) groups is 2. The first kappa shape index (κ1) is 25.1. The monoisotopic (exact) mass is 512 g/mol. The molecular formula is C30H40O7. The number of esters is 2. The quantitative estimate of drug-likeness (QED) is 0.398. The number of hydrogen-bond donors (Lipinski definition) is 0. The van der Waals surface area contributed by atoms with Crippen LogP contribution in [0.5, 0.6) is 0 Å². The Hall–Kier alpha value is -2.15. The highest BCUT2D eigenvalue weighted by molar-refractivity contribution is 5.70. The molecule has 10 atom stereocenters. The topological polar surface area (TPSA) is 95.3 Å². The van der Waals surface area contributed by atoms with Gasteiger partial charge in [-0.3, -0.25) is 9.59 Å². The first-order valence-corrected chi connectivity index (χ1v) is 14.3. The summed E-state index contributed by atoms with van der Waals surface area (Å²) >= 11 is 0. The molecule has 1 aromatic rings. The summed E-state index contributed by atoms with van der Waals surface area (Å²) < 4.78 is 23.9. The minimum atomic E-state index is -0.374. The molecule has 4 aliphatic carbocycles. The third-order valence-electron chi connectivity index (χ3n) is 11.2. The van der Waals surface area contributed by atoms with Crippen LogP contribution < -0.4 is 5.63 Å². The van der Waals surface area contributed by atoms with Gasteiger partial charge in [-0.2, -0.15) is 0 Å². The van der Waals surface area contributed by atoms with Crippen molar-refractivity contribution in [1.29, 1.82) is 0 Å². The van der Waals surface area contributed by atoms with Gasteiger partial charge in [0.15, 0.2) is 0 Å². The van der Waals surface area contributed by atoms with Crippen LogP contribution in [0.25, 0.3) is 0 Å². The lowest BCUT2D eigenvalue weighted by Crippen LogP contribution is -2.58. The predicted octanol–water partition coefficient (Wildman–Crippen LogP) is 5.15. The number of rotatable bonds is 5. The lowest BCUT2D eigenvalue weighted by Gasteiger charge is -2.61. The predicted molar refractivity (Wildman–Crippen MR) is 135 cm³/mol. The van der Waals surface area contributed by atoms with Crippen molar-refractivity contribution in [2.75, 3.05) is 0 Å². The van der Waals surface area contributed by atoms with Gasteiger partial charge in [-0.05, 0) is 86.2 Å². The number of ether oxygens (including phenoxy) is 3. The SMILES string of the molecule is CCCC(=O)O[C@H]1[C@H]2O[C@]23[C@@H]2CC[C@@H]4C[C@@H](OC(C)=O)CC[C@]4(C)C2CC[C@]3(C)[C@H]1c1ccc(=O)oc1. The van der Waals surface area contributed by atoms with Crippen molar-refractivity contribution in [3.63, 3.8) is 0 Å². The van der Waals surface area contributed by atoms with Crippen LogP contribution in [-0.4, -0.2) is 35.9 Å². The molecule has 1 aromatic heterocycles. The number of carbonyl (C=O) groups excluding carboxylic acids is 2. The Bertz CT molecular complexity index is 1120. The first-order chi connectivity index (χ1) is 17.6. The highest BCUT2D eigenvalue weighted by atomic mass is 16.7. The Kier molecular flexibility index (Phi) is 5.90. The van der Waals surface area contributed by atoms with Gasteiger partial charge in [-0.25, -0.2) is 4.79 Å². The second kappa shape index (κ2) is 8.69. The Morgan fingerprint density at radius 3 is 2.57 bits per heavy atom. The van der Waals surface area contributed by atoms with E-state index in [2.05, 4.69) is 13.8 Å². The normalized spacial score (nSPS) is 45.6. The van der Waals surface area contributed by atoms with Crippen molar-refractivity contribution in [3.8, 4) is 0 Å². The molecule has 37 heavy (non-hydrogen) atoms. The maximum atomic E-state index is 12.7. The van der Waals surface area contributed by atoms with Crippen molar-refractivity contribution in [2.24, 2.45) is 28.6 Å². The van der Waals surface area contributed by atoms with Gasteiger partial charge in [0.2, 0.25) is 0 Å². The minimum Gasteiger partial charge on any atom is -0.463 e. The van der Waals surface area contributed by atoms with E-state index in [-0.39, 0.29) is 58.2 Å². The fourth-order valence-corrected chi connectivity index (χ4v) is 9.65. The number of hydrogen-bond acceptors (Lipinski definition) is 7.